The molecule has 1 N–H and O–H groups in total. The van der Waals surface area contributed by atoms with Crippen LogP contribution in [0.25, 0.3) is 5.76 Å². The highest BCUT2D eigenvalue weighted by Gasteiger charge is 2.45. The van der Waals surface area contributed by atoms with Gasteiger partial charge in [-0.05, 0) is 48.7 Å². The smallest absolute Gasteiger partial charge is 0.295 e. The van der Waals surface area contributed by atoms with E-state index in [-0.39, 0.29) is 11.3 Å². The molecule has 1 fully saturated rings. The fourth-order valence-electron chi connectivity index (χ4n) is 4.77. The molecule has 0 radical (unpaired) electrons. The number of benzene rings is 3. The number of amides is 1. The van der Waals surface area contributed by atoms with Crippen LogP contribution >= 0.6 is 0 Å². The van der Waals surface area contributed by atoms with E-state index in [2.05, 4.69) is 11.1 Å². The molecule has 3 aromatic carbocycles. The fourth-order valence-corrected chi connectivity index (χ4v) is 4.77. The summed E-state index contributed by atoms with van der Waals surface area (Å²) in [4.78, 5) is 31.9. The van der Waals surface area contributed by atoms with Gasteiger partial charge in [-0.15, -0.1) is 0 Å². The van der Waals surface area contributed by atoms with E-state index < -0.39 is 17.7 Å². The summed E-state index contributed by atoms with van der Waals surface area (Å²) in [7, 11) is 0. The number of aryl methyl sites for hydroxylation is 2. The molecule has 1 aliphatic heterocycles. The van der Waals surface area contributed by atoms with Gasteiger partial charge in [-0.2, -0.15) is 0 Å². The summed E-state index contributed by atoms with van der Waals surface area (Å²) in [5.41, 5.74) is 3.54. The molecule has 192 valence electrons. The fraction of sp³-hybridized carbons (Fsp3) is 0.194. The molecular formula is C31H29N3O4. The number of imidazole rings is 1. The van der Waals surface area contributed by atoms with Gasteiger partial charge >= 0.3 is 0 Å². The van der Waals surface area contributed by atoms with Crippen LogP contribution in [0.2, 0.25) is 0 Å². The van der Waals surface area contributed by atoms with Gasteiger partial charge in [0.2, 0.25) is 0 Å². The summed E-state index contributed by atoms with van der Waals surface area (Å²) in [5, 5.41) is 11.3. The molecule has 0 spiro atoms. The lowest BCUT2D eigenvalue weighted by Gasteiger charge is -2.25. The lowest BCUT2D eigenvalue weighted by Crippen LogP contribution is -2.31. The molecule has 1 amide bonds. The maximum atomic E-state index is 13.2. The van der Waals surface area contributed by atoms with Gasteiger partial charge < -0.3 is 19.3 Å². The minimum atomic E-state index is -0.682. The van der Waals surface area contributed by atoms with Gasteiger partial charge in [0, 0.05) is 31.0 Å². The number of aliphatic hydroxyl groups excluding tert-OH is 1. The second-order valence-corrected chi connectivity index (χ2v) is 9.36. The van der Waals surface area contributed by atoms with Crippen molar-refractivity contribution in [2.45, 2.75) is 32.5 Å². The first-order valence-corrected chi connectivity index (χ1v) is 12.6. The predicted octanol–water partition coefficient (Wildman–Crippen LogP) is 5.28. The van der Waals surface area contributed by atoms with Crippen LogP contribution in [-0.2, 0) is 22.7 Å². The minimum Gasteiger partial charge on any atom is -0.507 e. The highest BCUT2D eigenvalue weighted by atomic mass is 16.5. The summed E-state index contributed by atoms with van der Waals surface area (Å²) < 4.78 is 7.82. The first-order chi connectivity index (χ1) is 18.5. The van der Waals surface area contributed by atoms with Crippen molar-refractivity contribution in [3.8, 4) is 5.75 Å². The van der Waals surface area contributed by atoms with Crippen LogP contribution < -0.4 is 4.74 Å². The Morgan fingerprint density at radius 2 is 1.76 bits per heavy atom. The second kappa shape index (κ2) is 11.2. The Morgan fingerprint density at radius 3 is 2.47 bits per heavy atom. The molecule has 7 nitrogen and oxygen atoms in total. The summed E-state index contributed by atoms with van der Waals surface area (Å²) in [6.45, 7) is 3.48. The summed E-state index contributed by atoms with van der Waals surface area (Å²) >= 11 is 0. The molecule has 0 saturated carbocycles. The van der Waals surface area contributed by atoms with Crippen molar-refractivity contribution in [1.29, 1.82) is 0 Å². The van der Waals surface area contributed by atoms with E-state index in [9.17, 15) is 14.7 Å². The first kappa shape index (κ1) is 25.0. The third-order valence-corrected chi connectivity index (χ3v) is 6.65. The standard InChI is InChI=1S/C31H29N3O4/c1-22-7-5-8-23(19-22)20-38-26-13-11-25(12-14-26)29(35)27-28(24-9-3-2-4-10-24)34(31(37)30(27)36)17-6-16-33-18-15-32-21-33/h2-5,7-15,18-19,21,28,35H,6,16-17,20H2,1H3/t28-/m1/s1. The molecule has 0 unspecified atom stereocenters. The van der Waals surface area contributed by atoms with E-state index in [1.54, 1.807) is 41.7 Å². The van der Waals surface area contributed by atoms with Crippen LogP contribution in [0.4, 0.5) is 0 Å². The number of nitrogens with zero attached hydrogens (tertiary/aromatic N) is 3. The molecule has 1 saturated heterocycles. The van der Waals surface area contributed by atoms with Crippen LogP contribution in [0.5, 0.6) is 5.75 Å². The number of ether oxygens (including phenoxy) is 1. The van der Waals surface area contributed by atoms with E-state index in [0.29, 0.717) is 37.4 Å². The van der Waals surface area contributed by atoms with Crippen molar-refractivity contribution in [2.24, 2.45) is 0 Å². The van der Waals surface area contributed by atoms with E-state index in [4.69, 9.17) is 4.74 Å². The molecule has 38 heavy (non-hydrogen) atoms. The SMILES string of the molecule is Cc1cccc(COc2ccc(C(O)=C3C(=O)C(=O)N(CCCn4ccnc4)[C@@H]3c3ccccc3)cc2)c1. The Morgan fingerprint density at radius 1 is 0.974 bits per heavy atom. The number of ketones is 1. The monoisotopic (exact) mass is 507 g/mol. The Kier molecular flexibility index (Phi) is 7.35. The number of rotatable bonds is 9. The highest BCUT2D eigenvalue weighted by molar-refractivity contribution is 6.46. The quantitative estimate of drug-likeness (QED) is 0.189. The minimum absolute atomic E-state index is 0.0947. The maximum absolute atomic E-state index is 13.2. The molecule has 1 atom stereocenters. The molecule has 4 aromatic rings. The lowest BCUT2D eigenvalue weighted by molar-refractivity contribution is -0.139. The zero-order valence-corrected chi connectivity index (χ0v) is 21.2. The summed E-state index contributed by atoms with van der Waals surface area (Å²) in [6, 6.07) is 23.7. The van der Waals surface area contributed by atoms with Gasteiger partial charge in [-0.25, -0.2) is 4.98 Å². The molecular weight excluding hydrogens is 478 g/mol. The average Bonchev–Trinajstić information content (AvgIpc) is 3.55. The number of carbonyl (C=O) groups excluding carboxylic acids is 2. The summed E-state index contributed by atoms with van der Waals surface area (Å²) in [6.07, 6.45) is 5.92. The van der Waals surface area contributed by atoms with Crippen molar-refractivity contribution in [3.63, 3.8) is 0 Å². The molecule has 1 aromatic heterocycles. The van der Waals surface area contributed by atoms with Crippen molar-refractivity contribution in [1.82, 2.24) is 14.5 Å². The van der Waals surface area contributed by atoms with E-state index >= 15 is 0 Å². The maximum Gasteiger partial charge on any atom is 0.295 e. The van der Waals surface area contributed by atoms with E-state index in [1.807, 2.05) is 66.2 Å². The predicted molar refractivity (Wildman–Crippen MR) is 144 cm³/mol. The van der Waals surface area contributed by atoms with Crippen LogP contribution in [0.15, 0.2) is 103 Å². The van der Waals surface area contributed by atoms with Crippen molar-refractivity contribution in [3.05, 3.63) is 125 Å². The van der Waals surface area contributed by atoms with Gasteiger partial charge in [0.25, 0.3) is 11.7 Å². The lowest BCUT2D eigenvalue weighted by atomic mass is 9.95. The Bertz CT molecular complexity index is 1440. The number of aromatic nitrogens is 2. The second-order valence-electron chi connectivity index (χ2n) is 9.36. The third-order valence-electron chi connectivity index (χ3n) is 6.65. The Balaban J connectivity index is 1.39. The summed E-state index contributed by atoms with van der Waals surface area (Å²) in [5.74, 6) is -0.843. The molecule has 5 rings (SSSR count). The van der Waals surface area contributed by atoms with Gasteiger partial charge in [-0.1, -0.05) is 60.2 Å². The number of aliphatic hydroxyl groups is 1. The Hall–Kier alpha value is -4.65. The van der Waals surface area contributed by atoms with Crippen LogP contribution in [0.1, 0.15) is 34.7 Å². The van der Waals surface area contributed by atoms with E-state index in [0.717, 1.165) is 16.7 Å². The zero-order valence-electron chi connectivity index (χ0n) is 21.2. The Labute approximate surface area is 221 Å². The van der Waals surface area contributed by atoms with Gasteiger partial charge in [0.05, 0.1) is 17.9 Å². The van der Waals surface area contributed by atoms with Crippen molar-refractivity contribution in [2.75, 3.05) is 6.54 Å². The van der Waals surface area contributed by atoms with Crippen LogP contribution in [0, 0.1) is 6.92 Å². The van der Waals surface area contributed by atoms with Gasteiger partial charge in [0.15, 0.2) is 0 Å². The van der Waals surface area contributed by atoms with Crippen molar-refractivity contribution < 1.29 is 19.4 Å². The number of hydrogen-bond donors (Lipinski definition) is 1. The third kappa shape index (κ3) is 5.37. The molecule has 2 heterocycles. The largest absolute Gasteiger partial charge is 0.507 e. The first-order valence-electron chi connectivity index (χ1n) is 12.6. The average molecular weight is 508 g/mol. The van der Waals surface area contributed by atoms with Crippen LogP contribution in [0.3, 0.4) is 0 Å². The van der Waals surface area contributed by atoms with Crippen LogP contribution in [-0.4, -0.2) is 37.8 Å². The highest BCUT2D eigenvalue weighted by Crippen LogP contribution is 2.39. The number of hydrogen-bond acceptors (Lipinski definition) is 5. The topological polar surface area (TPSA) is 84.7 Å². The van der Waals surface area contributed by atoms with Crippen molar-refractivity contribution >= 4 is 17.4 Å². The normalized spacial score (nSPS) is 16.7. The van der Waals surface area contributed by atoms with Gasteiger partial charge in [-0.3, -0.25) is 9.59 Å². The number of carbonyl (C=O) groups is 2. The molecule has 0 bridgehead atoms. The molecule has 0 aliphatic carbocycles. The van der Waals surface area contributed by atoms with Gasteiger partial charge in [0.1, 0.15) is 18.1 Å². The number of likely N-dealkylation sites (tertiary alicyclic amines) is 1. The van der Waals surface area contributed by atoms with E-state index in [1.165, 1.54) is 0 Å². The molecule has 7 heteroatoms. The zero-order chi connectivity index (χ0) is 26.5. The number of Topliss-reactive ketones (excluding diaryl/α,β-unsaturated/α-hetero) is 1. The molecule has 1 aliphatic rings.